The summed E-state index contributed by atoms with van der Waals surface area (Å²) in [6, 6.07) is 12.7. The first-order valence-electron chi connectivity index (χ1n) is 6.16. The molecule has 1 aliphatic rings. The zero-order valence-electron chi connectivity index (χ0n) is 10.7. The van der Waals surface area contributed by atoms with Crippen molar-refractivity contribution in [1.82, 2.24) is 0 Å². The summed E-state index contributed by atoms with van der Waals surface area (Å²) >= 11 is 6.04. The maximum atomic E-state index is 12.9. The zero-order chi connectivity index (χ0) is 14.8. The van der Waals surface area contributed by atoms with Crippen molar-refractivity contribution in [3.05, 3.63) is 76.2 Å². The molecule has 0 atom stereocenters. The van der Waals surface area contributed by atoms with Crippen molar-refractivity contribution in [3.63, 3.8) is 0 Å². The van der Waals surface area contributed by atoms with E-state index in [1.54, 1.807) is 36.4 Å². The van der Waals surface area contributed by atoms with Crippen molar-refractivity contribution >= 4 is 29.5 Å². The molecule has 0 saturated carbocycles. The van der Waals surface area contributed by atoms with E-state index in [0.29, 0.717) is 16.1 Å². The van der Waals surface area contributed by atoms with Gasteiger partial charge in [-0.2, -0.15) is 0 Å². The molecule has 0 aromatic heterocycles. The normalized spacial score (nSPS) is 16.0. The molecule has 2 aromatic carbocycles. The predicted octanol–water partition coefficient (Wildman–Crippen LogP) is 3.82. The van der Waals surface area contributed by atoms with Crippen LogP contribution in [-0.4, -0.2) is 11.9 Å². The van der Waals surface area contributed by atoms with Crippen LogP contribution in [0.15, 0.2) is 59.2 Å². The molecule has 0 fully saturated rings. The standard InChI is InChI=1S/C16H9ClFNO2/c17-13-4-2-1-3-12(13)15-19-14(16(20)21-15)9-10-5-7-11(18)8-6-10/h1-9H. The lowest BCUT2D eigenvalue weighted by atomic mass is 10.2. The van der Waals surface area contributed by atoms with E-state index >= 15 is 0 Å². The highest BCUT2D eigenvalue weighted by molar-refractivity contribution is 6.34. The van der Waals surface area contributed by atoms with Gasteiger partial charge in [-0.05, 0) is 35.9 Å². The van der Waals surface area contributed by atoms with Gasteiger partial charge in [-0.1, -0.05) is 35.9 Å². The molecule has 3 nitrogen and oxygen atoms in total. The second kappa shape index (κ2) is 5.50. The molecule has 1 heterocycles. The van der Waals surface area contributed by atoms with Gasteiger partial charge in [0.1, 0.15) is 5.82 Å². The number of ether oxygens (including phenoxy) is 1. The minimum absolute atomic E-state index is 0.150. The smallest absolute Gasteiger partial charge is 0.363 e. The molecule has 0 amide bonds. The maximum Gasteiger partial charge on any atom is 0.363 e. The van der Waals surface area contributed by atoms with Crippen molar-refractivity contribution in [2.24, 2.45) is 4.99 Å². The molecule has 1 aliphatic heterocycles. The number of carbonyl (C=O) groups excluding carboxylic acids is 1. The summed E-state index contributed by atoms with van der Waals surface area (Å²) in [5.74, 6) is -0.736. The number of benzene rings is 2. The van der Waals surface area contributed by atoms with E-state index in [-0.39, 0.29) is 17.4 Å². The van der Waals surface area contributed by atoms with Crippen LogP contribution >= 0.6 is 11.6 Å². The second-order valence-electron chi connectivity index (χ2n) is 4.37. The van der Waals surface area contributed by atoms with Gasteiger partial charge in [0.05, 0.1) is 10.6 Å². The predicted molar refractivity (Wildman–Crippen MR) is 78.5 cm³/mol. The van der Waals surface area contributed by atoms with E-state index in [9.17, 15) is 9.18 Å². The first-order chi connectivity index (χ1) is 10.1. The number of cyclic esters (lactones) is 1. The average molecular weight is 302 g/mol. The van der Waals surface area contributed by atoms with Gasteiger partial charge in [0, 0.05) is 0 Å². The Balaban J connectivity index is 1.96. The highest BCUT2D eigenvalue weighted by Gasteiger charge is 2.25. The fourth-order valence-electron chi connectivity index (χ4n) is 1.88. The SMILES string of the molecule is O=C1OC(c2ccccc2Cl)=NC1=Cc1ccc(F)cc1. The number of halogens is 2. The molecule has 104 valence electrons. The first-order valence-corrected chi connectivity index (χ1v) is 6.54. The van der Waals surface area contributed by atoms with Crippen molar-refractivity contribution in [2.45, 2.75) is 0 Å². The number of hydrogen-bond acceptors (Lipinski definition) is 3. The Hall–Kier alpha value is -2.46. The summed E-state index contributed by atoms with van der Waals surface area (Å²) in [7, 11) is 0. The van der Waals surface area contributed by atoms with Gasteiger partial charge in [-0.25, -0.2) is 14.2 Å². The monoisotopic (exact) mass is 301 g/mol. The molecule has 0 aliphatic carbocycles. The minimum Gasteiger partial charge on any atom is -0.402 e. The van der Waals surface area contributed by atoms with Gasteiger partial charge in [-0.15, -0.1) is 0 Å². The van der Waals surface area contributed by atoms with Gasteiger partial charge >= 0.3 is 5.97 Å². The molecular formula is C16H9ClFNO2. The largest absolute Gasteiger partial charge is 0.402 e. The summed E-state index contributed by atoms with van der Waals surface area (Å²) in [5, 5.41) is 0.451. The van der Waals surface area contributed by atoms with Crippen LogP contribution in [0, 0.1) is 5.82 Å². The molecule has 0 unspecified atom stereocenters. The summed E-state index contributed by atoms with van der Waals surface area (Å²) in [4.78, 5) is 16.0. The Morgan fingerprint density at radius 1 is 1.10 bits per heavy atom. The highest BCUT2D eigenvalue weighted by atomic mass is 35.5. The maximum absolute atomic E-state index is 12.9. The number of nitrogens with zero attached hydrogens (tertiary/aromatic N) is 1. The molecule has 5 heteroatoms. The zero-order valence-corrected chi connectivity index (χ0v) is 11.5. The van der Waals surface area contributed by atoms with Crippen LogP contribution in [0.1, 0.15) is 11.1 Å². The van der Waals surface area contributed by atoms with E-state index in [1.165, 1.54) is 18.2 Å². The Bertz CT molecular complexity index is 766. The molecule has 21 heavy (non-hydrogen) atoms. The third kappa shape index (κ3) is 2.85. The van der Waals surface area contributed by atoms with Gasteiger partial charge < -0.3 is 4.74 Å². The van der Waals surface area contributed by atoms with Crippen LogP contribution in [0.3, 0.4) is 0 Å². The van der Waals surface area contributed by atoms with E-state index < -0.39 is 5.97 Å². The number of carbonyl (C=O) groups is 1. The lowest BCUT2D eigenvalue weighted by molar-refractivity contribution is -0.129. The topological polar surface area (TPSA) is 38.7 Å². The van der Waals surface area contributed by atoms with E-state index in [1.807, 2.05) is 0 Å². The van der Waals surface area contributed by atoms with Crippen LogP contribution in [0.5, 0.6) is 0 Å². The average Bonchev–Trinajstić information content (AvgIpc) is 2.83. The van der Waals surface area contributed by atoms with Crippen LogP contribution in [0.4, 0.5) is 4.39 Å². The molecule has 0 spiro atoms. The fraction of sp³-hybridized carbons (Fsp3) is 0. The molecule has 0 radical (unpaired) electrons. The molecular weight excluding hydrogens is 293 g/mol. The Labute approximate surface area is 125 Å². The number of rotatable bonds is 2. The van der Waals surface area contributed by atoms with E-state index in [0.717, 1.165) is 0 Å². The molecule has 2 aromatic rings. The van der Waals surface area contributed by atoms with Crippen LogP contribution in [-0.2, 0) is 9.53 Å². The summed E-state index contributed by atoms with van der Waals surface area (Å²) in [6.45, 7) is 0. The molecule has 0 N–H and O–H groups in total. The third-order valence-corrected chi connectivity index (χ3v) is 3.23. The second-order valence-corrected chi connectivity index (χ2v) is 4.77. The Morgan fingerprint density at radius 2 is 1.81 bits per heavy atom. The summed E-state index contributed by atoms with van der Waals surface area (Å²) < 4.78 is 18.0. The highest BCUT2D eigenvalue weighted by Crippen LogP contribution is 2.23. The van der Waals surface area contributed by atoms with Gasteiger partial charge in [-0.3, -0.25) is 0 Å². The number of esters is 1. The lowest BCUT2D eigenvalue weighted by Gasteiger charge is -2.00. The van der Waals surface area contributed by atoms with Crippen molar-refractivity contribution in [2.75, 3.05) is 0 Å². The Morgan fingerprint density at radius 3 is 2.52 bits per heavy atom. The van der Waals surface area contributed by atoms with Crippen molar-refractivity contribution in [3.8, 4) is 0 Å². The van der Waals surface area contributed by atoms with Gasteiger partial charge in [0.25, 0.3) is 0 Å². The fourth-order valence-corrected chi connectivity index (χ4v) is 2.09. The van der Waals surface area contributed by atoms with Gasteiger partial charge in [0.2, 0.25) is 5.90 Å². The quantitative estimate of drug-likeness (QED) is 0.625. The third-order valence-electron chi connectivity index (χ3n) is 2.90. The number of aliphatic imine (C=N–C) groups is 1. The molecule has 0 saturated heterocycles. The van der Waals surface area contributed by atoms with Crippen molar-refractivity contribution in [1.29, 1.82) is 0 Å². The van der Waals surface area contributed by atoms with Crippen LogP contribution < -0.4 is 0 Å². The van der Waals surface area contributed by atoms with Crippen molar-refractivity contribution < 1.29 is 13.9 Å². The summed E-state index contributed by atoms with van der Waals surface area (Å²) in [6.07, 6.45) is 1.53. The molecule has 3 rings (SSSR count). The van der Waals surface area contributed by atoms with E-state index in [4.69, 9.17) is 16.3 Å². The van der Waals surface area contributed by atoms with Crippen LogP contribution in [0.2, 0.25) is 5.02 Å². The Kier molecular flexibility index (Phi) is 3.54. The number of hydrogen-bond donors (Lipinski definition) is 0. The first kappa shape index (κ1) is 13.5. The minimum atomic E-state index is -0.561. The van der Waals surface area contributed by atoms with Crippen LogP contribution in [0.25, 0.3) is 6.08 Å². The summed E-state index contributed by atoms with van der Waals surface area (Å²) in [5.41, 5.74) is 1.36. The van der Waals surface area contributed by atoms with Gasteiger partial charge in [0.15, 0.2) is 5.70 Å². The van der Waals surface area contributed by atoms with E-state index in [2.05, 4.69) is 4.99 Å². The molecule has 0 bridgehead atoms. The lowest BCUT2D eigenvalue weighted by Crippen LogP contribution is -2.05.